The quantitative estimate of drug-likeness (QED) is 0.755. The zero-order chi connectivity index (χ0) is 16.9. The highest BCUT2D eigenvalue weighted by atomic mass is 79.9. The third-order valence-electron chi connectivity index (χ3n) is 4.18. The summed E-state index contributed by atoms with van der Waals surface area (Å²) >= 11 is 3.60. The molecule has 0 atom stereocenters. The van der Waals surface area contributed by atoms with Gasteiger partial charge in [0.15, 0.2) is 0 Å². The second-order valence-electron chi connectivity index (χ2n) is 5.97. The molecule has 2 heterocycles. The number of rotatable bonds is 4. The molecule has 0 radical (unpaired) electrons. The fourth-order valence-corrected chi connectivity index (χ4v) is 3.20. The maximum atomic E-state index is 12.3. The Morgan fingerprint density at radius 3 is 2.67 bits per heavy atom. The van der Waals surface area contributed by atoms with Crippen molar-refractivity contribution in [3.8, 4) is 0 Å². The van der Waals surface area contributed by atoms with Crippen LogP contribution in [0, 0.1) is 0 Å². The lowest BCUT2D eigenvalue weighted by Gasteiger charge is -2.34. The van der Waals surface area contributed by atoms with E-state index in [9.17, 15) is 4.79 Å². The van der Waals surface area contributed by atoms with Crippen molar-refractivity contribution in [2.24, 2.45) is 7.05 Å². The number of carbonyl (C=O) groups excluding carboxylic acids is 1. The molecule has 0 bridgehead atoms. The Labute approximate surface area is 150 Å². The largest absolute Gasteiger partial charge is 0.337 e. The van der Waals surface area contributed by atoms with E-state index in [1.54, 1.807) is 17.0 Å². The van der Waals surface area contributed by atoms with Gasteiger partial charge in [0.25, 0.3) is 0 Å². The molecule has 2 aromatic rings. The van der Waals surface area contributed by atoms with Crippen molar-refractivity contribution in [3.63, 3.8) is 0 Å². The molecule has 1 amide bonds. The minimum Gasteiger partial charge on any atom is -0.337 e. The molecule has 1 fully saturated rings. The van der Waals surface area contributed by atoms with Crippen molar-refractivity contribution in [1.29, 1.82) is 0 Å². The lowest BCUT2D eigenvalue weighted by Crippen LogP contribution is -2.47. The summed E-state index contributed by atoms with van der Waals surface area (Å²) in [6.45, 7) is 4.23. The van der Waals surface area contributed by atoms with Crippen LogP contribution in [0.4, 0.5) is 0 Å². The molecule has 1 aromatic carbocycles. The monoisotopic (exact) mass is 388 g/mol. The molecule has 1 saturated heterocycles. The number of carbonyl (C=O) groups is 1. The number of aromatic nitrogens is 2. The van der Waals surface area contributed by atoms with Gasteiger partial charge in [-0.05, 0) is 17.7 Å². The van der Waals surface area contributed by atoms with Crippen LogP contribution in [-0.4, -0.2) is 51.7 Å². The molecular formula is C18H21BrN4O. The van der Waals surface area contributed by atoms with Crippen molar-refractivity contribution in [2.45, 2.75) is 6.54 Å². The highest BCUT2D eigenvalue weighted by Crippen LogP contribution is 2.18. The van der Waals surface area contributed by atoms with Crippen molar-refractivity contribution in [2.75, 3.05) is 26.2 Å². The van der Waals surface area contributed by atoms with Gasteiger partial charge in [0.05, 0.1) is 6.20 Å². The fourth-order valence-electron chi connectivity index (χ4n) is 2.79. The molecule has 0 spiro atoms. The highest BCUT2D eigenvalue weighted by molar-refractivity contribution is 9.10. The molecule has 1 aromatic heterocycles. The molecule has 6 heteroatoms. The predicted molar refractivity (Wildman–Crippen MR) is 98.2 cm³/mol. The van der Waals surface area contributed by atoms with Crippen LogP contribution >= 0.6 is 15.9 Å². The van der Waals surface area contributed by atoms with Crippen LogP contribution in [0.2, 0.25) is 0 Å². The molecule has 0 N–H and O–H groups in total. The zero-order valence-corrected chi connectivity index (χ0v) is 15.3. The van der Waals surface area contributed by atoms with E-state index >= 15 is 0 Å². The second-order valence-corrected chi connectivity index (χ2v) is 6.83. The van der Waals surface area contributed by atoms with E-state index in [0.29, 0.717) is 0 Å². The summed E-state index contributed by atoms with van der Waals surface area (Å²) in [7, 11) is 1.86. The number of hydrogen-bond acceptors (Lipinski definition) is 3. The Kier molecular flexibility index (Phi) is 5.48. The van der Waals surface area contributed by atoms with Crippen molar-refractivity contribution in [1.82, 2.24) is 19.6 Å². The van der Waals surface area contributed by atoms with Crippen molar-refractivity contribution in [3.05, 3.63) is 58.3 Å². The van der Waals surface area contributed by atoms with Crippen LogP contribution in [0.1, 0.15) is 11.1 Å². The molecule has 1 aliphatic heterocycles. The van der Waals surface area contributed by atoms with Crippen LogP contribution in [0.5, 0.6) is 0 Å². The van der Waals surface area contributed by atoms with E-state index in [-0.39, 0.29) is 5.91 Å². The average Bonchev–Trinajstić information content (AvgIpc) is 3.01. The van der Waals surface area contributed by atoms with Crippen LogP contribution in [-0.2, 0) is 18.4 Å². The van der Waals surface area contributed by atoms with Gasteiger partial charge in [0.1, 0.15) is 0 Å². The topological polar surface area (TPSA) is 41.4 Å². The van der Waals surface area contributed by atoms with Crippen molar-refractivity contribution < 1.29 is 4.79 Å². The molecule has 126 valence electrons. The molecule has 3 rings (SSSR count). The number of halogens is 1. The number of aryl methyl sites for hydroxylation is 1. The summed E-state index contributed by atoms with van der Waals surface area (Å²) in [5.41, 5.74) is 2.23. The number of piperazine rings is 1. The third-order valence-corrected chi connectivity index (χ3v) is 4.95. The van der Waals surface area contributed by atoms with E-state index in [1.165, 1.54) is 5.56 Å². The average molecular weight is 389 g/mol. The standard InChI is InChI=1S/C18H21BrN4O/c1-21-13-15(12-20-21)6-7-18(24)23-10-8-22(9-11-23)14-16-4-2-3-5-17(16)19/h2-7,12-13H,8-11,14H2,1H3/b7-6+. The minimum atomic E-state index is 0.0689. The van der Waals surface area contributed by atoms with Crippen LogP contribution in [0.25, 0.3) is 6.08 Å². The first-order valence-corrected chi connectivity index (χ1v) is 8.82. The van der Waals surface area contributed by atoms with Crippen molar-refractivity contribution >= 4 is 27.9 Å². The second kappa shape index (κ2) is 7.77. The molecule has 0 aliphatic carbocycles. The lowest BCUT2D eigenvalue weighted by molar-refractivity contribution is -0.127. The van der Waals surface area contributed by atoms with Crippen LogP contribution in [0.15, 0.2) is 47.2 Å². The summed E-state index contributed by atoms with van der Waals surface area (Å²) < 4.78 is 2.87. The predicted octanol–water partition coefficient (Wildman–Crippen LogP) is 2.54. The molecule has 0 unspecified atom stereocenters. The van der Waals surface area contributed by atoms with Gasteiger partial charge in [-0.25, -0.2) is 0 Å². The maximum Gasteiger partial charge on any atom is 0.246 e. The minimum absolute atomic E-state index is 0.0689. The first kappa shape index (κ1) is 16.9. The van der Waals surface area contributed by atoms with E-state index in [2.05, 4.69) is 44.1 Å². The molecule has 1 aliphatic rings. The normalized spacial score (nSPS) is 16.0. The Morgan fingerprint density at radius 2 is 2.00 bits per heavy atom. The summed E-state index contributed by atoms with van der Waals surface area (Å²) in [4.78, 5) is 16.6. The summed E-state index contributed by atoms with van der Waals surface area (Å²) in [6.07, 6.45) is 7.10. The van der Waals surface area contributed by atoms with Gasteiger partial charge in [0, 0.05) is 62.1 Å². The highest BCUT2D eigenvalue weighted by Gasteiger charge is 2.20. The van der Waals surface area contributed by atoms with Gasteiger partial charge in [-0.1, -0.05) is 34.1 Å². The van der Waals surface area contributed by atoms with E-state index in [4.69, 9.17) is 0 Å². The van der Waals surface area contributed by atoms with Gasteiger partial charge in [-0.15, -0.1) is 0 Å². The van der Waals surface area contributed by atoms with Gasteiger partial charge in [-0.3, -0.25) is 14.4 Å². The summed E-state index contributed by atoms with van der Waals surface area (Å²) in [6, 6.07) is 8.29. The first-order valence-electron chi connectivity index (χ1n) is 8.03. The van der Waals surface area contributed by atoms with E-state index in [0.717, 1.165) is 42.8 Å². The van der Waals surface area contributed by atoms with Gasteiger partial charge < -0.3 is 4.90 Å². The lowest BCUT2D eigenvalue weighted by atomic mass is 10.2. The number of amides is 1. The van der Waals surface area contributed by atoms with E-state index < -0.39 is 0 Å². The smallest absolute Gasteiger partial charge is 0.246 e. The molecule has 5 nitrogen and oxygen atoms in total. The van der Waals surface area contributed by atoms with Crippen LogP contribution in [0.3, 0.4) is 0 Å². The Hall–Kier alpha value is -1.92. The van der Waals surface area contributed by atoms with Gasteiger partial charge in [0.2, 0.25) is 5.91 Å². The van der Waals surface area contributed by atoms with E-state index in [1.807, 2.05) is 30.3 Å². The summed E-state index contributed by atoms with van der Waals surface area (Å²) in [5.74, 6) is 0.0689. The Morgan fingerprint density at radius 1 is 1.25 bits per heavy atom. The number of benzene rings is 1. The summed E-state index contributed by atoms with van der Waals surface area (Å²) in [5, 5.41) is 4.09. The van der Waals surface area contributed by atoms with Gasteiger partial charge >= 0.3 is 0 Å². The SMILES string of the molecule is Cn1cc(/C=C/C(=O)N2CCN(Cc3ccccc3Br)CC2)cn1. The first-order chi connectivity index (χ1) is 11.6. The fraction of sp³-hybridized carbons (Fsp3) is 0.333. The number of nitrogens with zero attached hydrogens (tertiary/aromatic N) is 4. The maximum absolute atomic E-state index is 12.3. The molecular weight excluding hydrogens is 368 g/mol. The number of hydrogen-bond donors (Lipinski definition) is 0. The van der Waals surface area contributed by atoms with Crippen LogP contribution < -0.4 is 0 Å². The third kappa shape index (κ3) is 4.33. The zero-order valence-electron chi connectivity index (χ0n) is 13.7. The van der Waals surface area contributed by atoms with Gasteiger partial charge in [-0.2, -0.15) is 5.10 Å². The Balaban J connectivity index is 1.50. The molecule has 0 saturated carbocycles. The molecule has 24 heavy (non-hydrogen) atoms. The Bertz CT molecular complexity index is 732.